The Bertz CT molecular complexity index is 2140. The van der Waals surface area contributed by atoms with Gasteiger partial charge in [-0.25, -0.2) is 14.8 Å². The van der Waals surface area contributed by atoms with E-state index < -0.39 is 128 Å². The fraction of sp³-hybridized carbons (Fsp3) is 0.382. The monoisotopic (exact) mass is 828 g/mol. The second kappa shape index (κ2) is 21.7. The third-order valence-electron chi connectivity index (χ3n) is 8.15. The van der Waals surface area contributed by atoms with Crippen LogP contribution in [0.1, 0.15) is 67.4 Å². The highest BCUT2D eigenvalue weighted by Gasteiger charge is 2.30. The lowest BCUT2D eigenvalue weighted by Gasteiger charge is -2.23. The van der Waals surface area contributed by atoms with Gasteiger partial charge in [-0.05, 0) is 49.9 Å². The fourth-order valence-corrected chi connectivity index (χ4v) is 5.04. The number of fused-ring (bicyclic) bond motifs is 1. The second-order valence-corrected chi connectivity index (χ2v) is 12.7. The molecular weight excluding hydrogens is 788 g/mol. The molecule has 0 aliphatic carbocycles. The maximum Gasteiger partial charge on any atom is 0.326 e. The number of nitrogens with one attached hydrogen (secondary N) is 6. The fourth-order valence-electron chi connectivity index (χ4n) is 5.04. The molecule has 4 atom stereocenters. The van der Waals surface area contributed by atoms with Crippen molar-refractivity contribution in [1.82, 2.24) is 35.9 Å². The Hall–Kier alpha value is -7.57. The van der Waals surface area contributed by atoms with Gasteiger partial charge in [-0.1, -0.05) is 0 Å². The number of nitrogens with two attached hydrogens (primary N) is 1. The van der Waals surface area contributed by atoms with Crippen molar-refractivity contribution >= 4 is 76.3 Å². The summed E-state index contributed by atoms with van der Waals surface area (Å²) in [6.45, 7) is 0.00975. The Morgan fingerprint density at radius 3 is 1.75 bits per heavy atom. The zero-order valence-corrected chi connectivity index (χ0v) is 30.8. The van der Waals surface area contributed by atoms with Crippen molar-refractivity contribution in [2.24, 2.45) is 5.73 Å². The number of aromatic nitrogens is 4. The maximum atomic E-state index is 13.3. The van der Waals surface area contributed by atoms with Crippen LogP contribution in [0.2, 0.25) is 0 Å². The molecule has 1 unspecified atom stereocenters. The number of benzene rings is 1. The number of carbonyl (C=O) groups excluding carboxylic acids is 4. The van der Waals surface area contributed by atoms with Crippen LogP contribution in [-0.4, -0.2) is 123 Å². The van der Waals surface area contributed by atoms with Crippen molar-refractivity contribution < 1.29 is 68.7 Å². The molecular formula is C34H40N10O15. The first kappa shape index (κ1) is 45.8. The van der Waals surface area contributed by atoms with Gasteiger partial charge in [0.1, 0.15) is 18.1 Å². The minimum atomic E-state index is -1.63. The molecule has 2 heterocycles. The number of hydrogen-bond donors (Lipinski definition) is 12. The zero-order valence-electron chi connectivity index (χ0n) is 30.8. The van der Waals surface area contributed by atoms with Gasteiger partial charge in [0.2, 0.25) is 23.7 Å². The second-order valence-electron chi connectivity index (χ2n) is 12.7. The van der Waals surface area contributed by atoms with Crippen LogP contribution < -0.4 is 37.9 Å². The minimum Gasteiger partial charge on any atom is -0.481 e. The Balaban J connectivity index is 1.70. The standard InChI is InChI=1S/C34H40N10O15/c35-18(5-9-22(45)46)29(54)39-19(6-10-23(47)48)30(55)40-20(7-11-24(49)50)31(56)43-34-42-27-26(32(57)44-34)38-17(14-37-27)13-36-16-3-1-15(2-4-16)28(53)41-21(33(58)59)8-12-25(51)52/h1-4,14,18-21,36H,5-13,35H2,(H,39,54)(H,40,55)(H,41,53)(H,45,46)(H,47,48)(H,49,50)(H,51,52)(H,58,59)(H2,37,42,43,44,56,57)/t18-,19-,20-,21?/m0/s1. The zero-order chi connectivity index (χ0) is 43.8. The van der Waals surface area contributed by atoms with Crippen LogP contribution >= 0.6 is 0 Å². The molecule has 0 aliphatic heterocycles. The van der Waals surface area contributed by atoms with E-state index in [-0.39, 0.29) is 41.8 Å². The molecule has 1 aromatic carbocycles. The number of carboxylic acid groups (broad SMARTS) is 5. The van der Waals surface area contributed by atoms with E-state index in [0.717, 1.165) is 0 Å². The number of carboxylic acids is 5. The Morgan fingerprint density at radius 2 is 1.19 bits per heavy atom. The average molecular weight is 829 g/mol. The predicted molar refractivity (Wildman–Crippen MR) is 199 cm³/mol. The van der Waals surface area contributed by atoms with E-state index in [9.17, 15) is 58.2 Å². The SMILES string of the molecule is N[C@@H](CCC(=O)O)C(=O)N[C@@H](CCC(=O)O)C(=O)N[C@@H](CCC(=O)O)C(=O)Nc1nc2ncc(CNc3ccc(C(=O)NC(CCC(=O)O)C(=O)O)cc3)nc2c(=O)[nH]1. The molecule has 0 radical (unpaired) electrons. The van der Waals surface area contributed by atoms with Gasteiger partial charge < -0.3 is 52.5 Å². The molecule has 0 bridgehead atoms. The topological polar surface area (TPSA) is 412 Å². The molecule has 0 saturated carbocycles. The number of amides is 4. The summed E-state index contributed by atoms with van der Waals surface area (Å²) in [6.07, 6.45) is -2.56. The minimum absolute atomic E-state index is 0.00975. The van der Waals surface area contributed by atoms with Gasteiger partial charge in [0.15, 0.2) is 11.2 Å². The molecule has 2 aromatic heterocycles. The van der Waals surface area contributed by atoms with Crippen LogP contribution in [0, 0.1) is 0 Å². The third-order valence-corrected chi connectivity index (χ3v) is 8.15. The van der Waals surface area contributed by atoms with E-state index in [1.807, 2.05) is 0 Å². The third kappa shape index (κ3) is 15.1. The molecule has 13 N–H and O–H groups in total. The quantitative estimate of drug-likeness (QED) is 0.0474. The number of aliphatic carboxylic acids is 5. The van der Waals surface area contributed by atoms with Gasteiger partial charge in [0.25, 0.3) is 11.5 Å². The van der Waals surface area contributed by atoms with Crippen molar-refractivity contribution in [2.75, 3.05) is 10.6 Å². The maximum absolute atomic E-state index is 13.3. The summed E-state index contributed by atoms with van der Waals surface area (Å²) < 4.78 is 0. The summed E-state index contributed by atoms with van der Waals surface area (Å²) in [5.74, 6) is -10.9. The highest BCUT2D eigenvalue weighted by molar-refractivity contribution is 5.99. The van der Waals surface area contributed by atoms with E-state index in [1.54, 1.807) is 0 Å². The molecule has 0 spiro atoms. The van der Waals surface area contributed by atoms with Gasteiger partial charge >= 0.3 is 29.8 Å². The number of nitrogens with zero attached hydrogens (tertiary/aromatic N) is 3. The van der Waals surface area contributed by atoms with Crippen LogP contribution in [0.15, 0.2) is 35.3 Å². The average Bonchev–Trinajstić information content (AvgIpc) is 3.17. The van der Waals surface area contributed by atoms with E-state index in [4.69, 9.17) is 21.1 Å². The van der Waals surface area contributed by atoms with Gasteiger partial charge in [0, 0.05) is 36.9 Å². The van der Waals surface area contributed by atoms with E-state index in [0.29, 0.717) is 5.69 Å². The van der Waals surface area contributed by atoms with Crippen molar-refractivity contribution in [1.29, 1.82) is 0 Å². The lowest BCUT2D eigenvalue weighted by molar-refractivity contribution is -0.141. The molecule has 316 valence electrons. The van der Waals surface area contributed by atoms with Crippen molar-refractivity contribution in [3.63, 3.8) is 0 Å². The molecule has 25 heteroatoms. The molecule has 0 saturated heterocycles. The largest absolute Gasteiger partial charge is 0.481 e. The molecule has 4 amide bonds. The van der Waals surface area contributed by atoms with Crippen LogP contribution in [0.3, 0.4) is 0 Å². The van der Waals surface area contributed by atoms with Crippen LogP contribution in [0.4, 0.5) is 11.6 Å². The number of anilines is 2. The Morgan fingerprint density at radius 1 is 0.661 bits per heavy atom. The molecule has 3 aromatic rings. The predicted octanol–water partition coefficient (Wildman–Crippen LogP) is -1.80. The first-order valence-electron chi connectivity index (χ1n) is 17.5. The van der Waals surface area contributed by atoms with Gasteiger partial charge in [0.05, 0.1) is 24.5 Å². The van der Waals surface area contributed by atoms with Crippen molar-refractivity contribution in [2.45, 2.75) is 82.1 Å². The summed E-state index contributed by atoms with van der Waals surface area (Å²) in [4.78, 5) is 135. The highest BCUT2D eigenvalue weighted by atomic mass is 16.4. The summed E-state index contributed by atoms with van der Waals surface area (Å²) in [5.41, 5.74) is 5.17. The number of aromatic amines is 1. The van der Waals surface area contributed by atoms with Crippen LogP contribution in [-0.2, 0) is 44.9 Å². The lowest BCUT2D eigenvalue weighted by Crippen LogP contribution is -2.55. The Kier molecular flexibility index (Phi) is 16.8. The molecule has 59 heavy (non-hydrogen) atoms. The van der Waals surface area contributed by atoms with Crippen molar-refractivity contribution in [3.8, 4) is 0 Å². The van der Waals surface area contributed by atoms with Gasteiger partial charge in [-0.15, -0.1) is 0 Å². The van der Waals surface area contributed by atoms with Crippen LogP contribution in [0.5, 0.6) is 0 Å². The molecule has 0 aliphatic rings. The summed E-state index contributed by atoms with van der Waals surface area (Å²) in [6, 6.07) is -0.232. The first-order valence-corrected chi connectivity index (χ1v) is 17.5. The van der Waals surface area contributed by atoms with E-state index in [2.05, 4.69) is 46.5 Å². The lowest BCUT2D eigenvalue weighted by atomic mass is 10.1. The molecule has 3 rings (SSSR count). The molecule has 25 nitrogen and oxygen atoms in total. The summed E-state index contributed by atoms with van der Waals surface area (Å²) in [5, 5.41) is 57.3. The highest BCUT2D eigenvalue weighted by Crippen LogP contribution is 2.13. The smallest absolute Gasteiger partial charge is 0.326 e. The van der Waals surface area contributed by atoms with Gasteiger partial charge in [-0.3, -0.25) is 53.5 Å². The summed E-state index contributed by atoms with van der Waals surface area (Å²) >= 11 is 0. The Labute approximate surface area is 331 Å². The number of rotatable bonds is 24. The normalized spacial score (nSPS) is 12.8. The van der Waals surface area contributed by atoms with E-state index >= 15 is 0 Å². The first-order chi connectivity index (χ1) is 27.8. The number of hydrogen-bond acceptors (Lipinski definition) is 15. The summed E-state index contributed by atoms with van der Waals surface area (Å²) in [7, 11) is 0. The van der Waals surface area contributed by atoms with Crippen molar-refractivity contribution in [3.05, 3.63) is 52.1 Å². The number of carbonyl (C=O) groups is 9. The van der Waals surface area contributed by atoms with Gasteiger partial charge in [-0.2, -0.15) is 4.98 Å². The van der Waals surface area contributed by atoms with E-state index in [1.165, 1.54) is 30.5 Å². The van der Waals surface area contributed by atoms with Crippen LogP contribution in [0.25, 0.3) is 11.2 Å². The number of H-pyrrole nitrogens is 1. The molecule has 0 fully saturated rings.